The molecule has 192 valence electrons. The average molecular weight is 483 g/mol. The van der Waals surface area contributed by atoms with Gasteiger partial charge in [-0.2, -0.15) is 0 Å². The molecule has 0 aromatic carbocycles. The average Bonchev–Trinajstić information content (AvgIpc) is 3.37. The lowest BCUT2D eigenvalue weighted by atomic mass is 9.43. The Hall–Kier alpha value is -1.62. The molecule has 2 spiro atoms. The van der Waals surface area contributed by atoms with E-state index in [0.29, 0.717) is 12.3 Å². The van der Waals surface area contributed by atoms with E-state index < -0.39 is 11.7 Å². The van der Waals surface area contributed by atoms with E-state index in [2.05, 4.69) is 26.8 Å². The fourth-order valence-corrected chi connectivity index (χ4v) is 10.7. The van der Waals surface area contributed by atoms with Gasteiger partial charge in [-0.3, -0.25) is 0 Å². The van der Waals surface area contributed by atoms with Gasteiger partial charge in [-0.15, -0.1) is 0 Å². The van der Waals surface area contributed by atoms with Gasteiger partial charge in [0, 0.05) is 29.4 Å². The highest BCUT2D eigenvalue weighted by Crippen LogP contribution is 2.87. The first-order valence-corrected chi connectivity index (χ1v) is 13.8. The molecule has 0 radical (unpaired) electrons. The third-order valence-electron chi connectivity index (χ3n) is 12.5. The molecule has 0 amide bonds. The van der Waals surface area contributed by atoms with Crippen LogP contribution >= 0.6 is 0 Å². The Morgan fingerprint density at radius 2 is 1.83 bits per heavy atom. The maximum absolute atomic E-state index is 12.4. The lowest BCUT2D eigenvalue weighted by Crippen LogP contribution is -2.60. The first-order chi connectivity index (χ1) is 16.3. The molecular formula is C30H42O5. The minimum atomic E-state index is -0.582. The summed E-state index contributed by atoms with van der Waals surface area (Å²) in [6.07, 6.45) is 12.4. The zero-order valence-corrected chi connectivity index (χ0v) is 22.2. The van der Waals surface area contributed by atoms with Crippen LogP contribution in [0.15, 0.2) is 23.8 Å². The minimum Gasteiger partial charge on any atom is -0.458 e. The summed E-state index contributed by atoms with van der Waals surface area (Å²) in [5.41, 5.74) is 0.219. The SMILES string of the molecule is CC1=CCC(C(C)C2CCC3(C)C4C(O)CC5C(C)(C)OC(=O)C=CC56CC46CCC23C)OC1=O. The molecular weight excluding hydrogens is 440 g/mol. The van der Waals surface area contributed by atoms with Crippen molar-refractivity contribution in [2.75, 3.05) is 0 Å². The molecule has 0 aromatic heterocycles. The lowest BCUT2D eigenvalue weighted by molar-refractivity contribution is -0.192. The van der Waals surface area contributed by atoms with Gasteiger partial charge in [0.2, 0.25) is 0 Å². The molecule has 0 bridgehead atoms. The van der Waals surface area contributed by atoms with Gasteiger partial charge in [-0.05, 0) is 93.3 Å². The van der Waals surface area contributed by atoms with Crippen LogP contribution in [0, 0.1) is 45.3 Å². The van der Waals surface area contributed by atoms with E-state index in [4.69, 9.17) is 9.47 Å². The predicted octanol–water partition coefficient (Wildman–Crippen LogP) is 5.37. The van der Waals surface area contributed by atoms with Crippen molar-refractivity contribution < 1.29 is 24.2 Å². The van der Waals surface area contributed by atoms with E-state index in [1.54, 1.807) is 6.08 Å². The lowest BCUT2D eigenvalue weighted by Gasteiger charge is -2.62. The number of hydrogen-bond acceptors (Lipinski definition) is 5. The summed E-state index contributed by atoms with van der Waals surface area (Å²) in [4.78, 5) is 24.7. The molecule has 5 heteroatoms. The van der Waals surface area contributed by atoms with E-state index in [-0.39, 0.29) is 57.5 Å². The van der Waals surface area contributed by atoms with Crippen molar-refractivity contribution in [3.63, 3.8) is 0 Å². The number of allylic oxidation sites excluding steroid dienone is 1. The van der Waals surface area contributed by atoms with E-state index in [1.165, 1.54) is 0 Å². The fraction of sp³-hybridized carbons (Fsp3) is 0.800. The standard InChI is InChI=1S/C30H42O5/c1-17-7-8-21(34-25(17)33)18(2)19-9-11-28(6)24-20(31)15-22-26(3,4)35-23(32)10-12-29(22)16-30(24,29)14-13-27(19,28)5/h7,10,12,18-22,24,31H,8-9,11,13-16H2,1-6H3. The molecule has 1 N–H and O–H groups in total. The summed E-state index contributed by atoms with van der Waals surface area (Å²) in [5.74, 6) is 0.680. The Labute approximate surface area is 209 Å². The van der Waals surface area contributed by atoms with Gasteiger partial charge >= 0.3 is 11.9 Å². The second-order valence-corrected chi connectivity index (χ2v) is 14.0. The minimum absolute atomic E-state index is 0.0116. The Balaban J connectivity index is 1.35. The van der Waals surface area contributed by atoms with E-state index in [9.17, 15) is 14.7 Å². The molecule has 10 unspecified atom stereocenters. The number of cyclic esters (lactones) is 2. The summed E-state index contributed by atoms with van der Waals surface area (Å²) >= 11 is 0. The quantitative estimate of drug-likeness (QED) is 0.536. The third kappa shape index (κ3) is 2.80. The molecule has 6 rings (SSSR count). The molecule has 4 fully saturated rings. The highest BCUT2D eigenvalue weighted by molar-refractivity contribution is 5.88. The molecule has 2 aliphatic heterocycles. The zero-order chi connectivity index (χ0) is 25.2. The van der Waals surface area contributed by atoms with Crippen LogP contribution in [-0.4, -0.2) is 34.9 Å². The van der Waals surface area contributed by atoms with Crippen molar-refractivity contribution in [3.05, 3.63) is 23.8 Å². The number of esters is 2. The van der Waals surface area contributed by atoms with Crippen molar-refractivity contribution in [2.24, 2.45) is 45.3 Å². The number of rotatable bonds is 2. The van der Waals surface area contributed by atoms with Crippen LogP contribution < -0.4 is 0 Å². The Morgan fingerprint density at radius 1 is 1.09 bits per heavy atom. The van der Waals surface area contributed by atoms with Gasteiger partial charge in [-0.25, -0.2) is 9.59 Å². The highest BCUT2D eigenvalue weighted by atomic mass is 16.6. The van der Waals surface area contributed by atoms with Crippen LogP contribution in [0.2, 0.25) is 0 Å². The molecule has 4 saturated carbocycles. The molecule has 5 nitrogen and oxygen atoms in total. The first kappa shape index (κ1) is 23.8. The topological polar surface area (TPSA) is 72.8 Å². The van der Waals surface area contributed by atoms with Gasteiger partial charge < -0.3 is 14.6 Å². The molecule has 10 atom stereocenters. The monoisotopic (exact) mass is 482 g/mol. The highest BCUT2D eigenvalue weighted by Gasteiger charge is 2.83. The van der Waals surface area contributed by atoms with Crippen LogP contribution in [0.25, 0.3) is 0 Å². The van der Waals surface area contributed by atoms with Crippen molar-refractivity contribution >= 4 is 11.9 Å². The summed E-state index contributed by atoms with van der Waals surface area (Å²) in [7, 11) is 0. The Bertz CT molecular complexity index is 1040. The van der Waals surface area contributed by atoms with E-state index in [1.807, 2.05) is 26.8 Å². The van der Waals surface area contributed by atoms with Crippen molar-refractivity contribution in [3.8, 4) is 0 Å². The Morgan fingerprint density at radius 3 is 2.54 bits per heavy atom. The number of fused-ring (bicyclic) bond motifs is 2. The van der Waals surface area contributed by atoms with Crippen molar-refractivity contribution in [1.29, 1.82) is 0 Å². The largest absolute Gasteiger partial charge is 0.458 e. The summed E-state index contributed by atoms with van der Waals surface area (Å²) in [5, 5.41) is 11.8. The molecule has 0 aromatic rings. The maximum atomic E-state index is 12.4. The maximum Gasteiger partial charge on any atom is 0.333 e. The smallest absolute Gasteiger partial charge is 0.333 e. The zero-order valence-electron chi connectivity index (χ0n) is 22.2. The predicted molar refractivity (Wildman–Crippen MR) is 132 cm³/mol. The number of carbonyl (C=O) groups excluding carboxylic acids is 2. The van der Waals surface area contributed by atoms with Crippen LogP contribution in [0.1, 0.15) is 86.5 Å². The van der Waals surface area contributed by atoms with E-state index >= 15 is 0 Å². The fourth-order valence-electron chi connectivity index (χ4n) is 10.7. The third-order valence-corrected chi connectivity index (χ3v) is 12.5. The van der Waals surface area contributed by atoms with E-state index in [0.717, 1.165) is 44.1 Å². The summed E-state index contributed by atoms with van der Waals surface area (Å²) < 4.78 is 11.8. The normalized spacial score (nSPS) is 52.5. The number of aliphatic hydroxyl groups is 1. The Kier molecular flexibility index (Phi) is 4.77. The number of ether oxygens (including phenoxy) is 2. The molecule has 35 heavy (non-hydrogen) atoms. The number of hydrogen-bond donors (Lipinski definition) is 1. The second-order valence-electron chi connectivity index (χ2n) is 14.0. The number of aliphatic hydroxyl groups excluding tert-OH is 1. The van der Waals surface area contributed by atoms with Gasteiger partial charge in [0.05, 0.1) is 6.10 Å². The van der Waals surface area contributed by atoms with Crippen LogP contribution in [-0.2, 0) is 19.1 Å². The second kappa shape index (κ2) is 7.02. The molecule has 0 saturated heterocycles. The van der Waals surface area contributed by atoms with Gasteiger partial charge in [0.15, 0.2) is 0 Å². The molecule has 4 aliphatic carbocycles. The van der Waals surface area contributed by atoms with Crippen molar-refractivity contribution in [2.45, 2.75) is 104 Å². The first-order valence-electron chi connectivity index (χ1n) is 13.8. The van der Waals surface area contributed by atoms with Gasteiger partial charge in [0.25, 0.3) is 0 Å². The van der Waals surface area contributed by atoms with Gasteiger partial charge in [-0.1, -0.05) is 32.9 Å². The summed E-state index contributed by atoms with van der Waals surface area (Å²) in [6, 6.07) is 0. The van der Waals surface area contributed by atoms with Crippen LogP contribution in [0.5, 0.6) is 0 Å². The van der Waals surface area contributed by atoms with Crippen LogP contribution in [0.4, 0.5) is 0 Å². The van der Waals surface area contributed by atoms with Crippen LogP contribution in [0.3, 0.4) is 0 Å². The van der Waals surface area contributed by atoms with Gasteiger partial charge in [0.1, 0.15) is 11.7 Å². The number of carbonyl (C=O) groups is 2. The molecule has 2 heterocycles. The summed E-state index contributed by atoms with van der Waals surface area (Å²) in [6.45, 7) is 13.1. The van der Waals surface area contributed by atoms with Crippen molar-refractivity contribution in [1.82, 2.24) is 0 Å². The molecule has 6 aliphatic rings.